The number of ether oxygens (including phenoxy) is 1. The van der Waals surface area contributed by atoms with Crippen LogP contribution in [0.5, 0.6) is 0 Å². The Labute approximate surface area is 168 Å². The minimum absolute atomic E-state index is 0.0199. The number of aliphatic hydroxyl groups is 2. The molecule has 0 unspecified atom stereocenters. The monoisotopic (exact) mass is 420 g/mol. The van der Waals surface area contributed by atoms with Crippen LogP contribution in [0.4, 0.5) is 0 Å². The fourth-order valence-electron chi connectivity index (χ4n) is 3.37. The number of carbonyl (C=O) groups is 1. The smallest absolute Gasteiger partial charge is 0.278 e. The van der Waals surface area contributed by atoms with Crippen LogP contribution >= 0.6 is 11.3 Å². The summed E-state index contributed by atoms with van der Waals surface area (Å²) in [5, 5.41) is 24.5. The van der Waals surface area contributed by atoms with Gasteiger partial charge in [-0.3, -0.25) is 9.59 Å². The highest BCUT2D eigenvalue weighted by molar-refractivity contribution is 7.13. The molecule has 0 aromatic carbocycles. The largest absolute Gasteiger partial charge is 0.388 e. The molecule has 1 amide bonds. The molecule has 0 spiro atoms. The van der Waals surface area contributed by atoms with Gasteiger partial charge in [0.1, 0.15) is 23.2 Å². The Morgan fingerprint density at radius 2 is 2.17 bits per heavy atom. The summed E-state index contributed by atoms with van der Waals surface area (Å²) in [6.07, 6.45) is -0.539. The van der Waals surface area contributed by atoms with E-state index < -0.39 is 24.4 Å². The second-order valence-electron chi connectivity index (χ2n) is 6.88. The lowest BCUT2D eigenvalue weighted by molar-refractivity contribution is -0.152. The maximum Gasteiger partial charge on any atom is 0.278 e. The van der Waals surface area contributed by atoms with Crippen LogP contribution in [-0.4, -0.2) is 71.6 Å². The van der Waals surface area contributed by atoms with E-state index in [4.69, 9.17) is 4.74 Å². The first-order valence-corrected chi connectivity index (χ1v) is 9.78. The van der Waals surface area contributed by atoms with Crippen molar-refractivity contribution in [3.63, 3.8) is 0 Å². The Bertz CT molecular complexity index is 1110. The van der Waals surface area contributed by atoms with Crippen molar-refractivity contribution in [3.05, 3.63) is 38.6 Å². The Hall–Kier alpha value is -2.67. The molecule has 154 valence electrons. The van der Waals surface area contributed by atoms with Crippen LogP contribution in [-0.2, 0) is 11.3 Å². The van der Waals surface area contributed by atoms with Gasteiger partial charge in [-0.05, 0) is 13.8 Å². The molecule has 4 atom stereocenters. The third-order valence-corrected chi connectivity index (χ3v) is 5.92. The molecule has 3 aromatic rings. The van der Waals surface area contributed by atoms with Crippen LogP contribution in [0.3, 0.4) is 0 Å². The summed E-state index contributed by atoms with van der Waals surface area (Å²) in [6.45, 7) is 3.71. The van der Waals surface area contributed by atoms with Gasteiger partial charge in [-0.2, -0.15) is 0 Å². The van der Waals surface area contributed by atoms with Gasteiger partial charge in [0.2, 0.25) is 0 Å². The topological polar surface area (TPSA) is 155 Å². The number of hydrogen-bond donors (Lipinski definition) is 4. The van der Waals surface area contributed by atoms with E-state index in [0.29, 0.717) is 16.2 Å². The number of H-pyrrole nitrogens is 1. The summed E-state index contributed by atoms with van der Waals surface area (Å²) >= 11 is 1.27. The first kappa shape index (κ1) is 19.6. The average molecular weight is 420 g/mol. The quantitative estimate of drug-likeness (QED) is 0.424. The van der Waals surface area contributed by atoms with Crippen LogP contribution < -0.4 is 10.9 Å². The molecule has 11 nitrogen and oxygen atoms in total. The van der Waals surface area contributed by atoms with Gasteiger partial charge in [0, 0.05) is 0 Å². The van der Waals surface area contributed by atoms with Crippen molar-refractivity contribution in [3.8, 4) is 0 Å². The maximum atomic E-state index is 12.5. The molecule has 4 rings (SSSR count). The highest BCUT2D eigenvalue weighted by Crippen LogP contribution is 2.21. The summed E-state index contributed by atoms with van der Waals surface area (Å²) in [5.74, 6) is -0.365. The standard InChI is InChI=1S/C17H20N6O5S/c1-7-14(29-8(2)21-7)17(27)22-9-4-28-10(13(25)12(9)24)3-23-6-20-11-15(23)18-5-19-16(11)26/h5-6,9-10,12-13,24-25H,3-4H2,1-2H3,(H,22,27)(H,18,19,26)/t9-,10-,12+,13-/m1/s1. The molecule has 1 saturated heterocycles. The van der Waals surface area contributed by atoms with Crippen molar-refractivity contribution < 1.29 is 19.7 Å². The normalized spacial score (nSPS) is 24.7. The molecule has 1 fully saturated rings. The summed E-state index contributed by atoms with van der Waals surface area (Å²) in [4.78, 5) is 39.5. The van der Waals surface area contributed by atoms with Crippen molar-refractivity contribution in [2.75, 3.05) is 6.61 Å². The Kier molecular flexibility index (Phi) is 5.17. The van der Waals surface area contributed by atoms with Gasteiger partial charge in [0.05, 0.1) is 42.5 Å². The number of aromatic amines is 1. The fraction of sp³-hybridized carbons (Fsp3) is 0.471. The zero-order valence-corrected chi connectivity index (χ0v) is 16.5. The Balaban J connectivity index is 1.45. The number of imidazole rings is 1. The van der Waals surface area contributed by atoms with Crippen LogP contribution in [0.25, 0.3) is 11.2 Å². The molecule has 3 aromatic heterocycles. The number of fused-ring (bicyclic) bond motifs is 1. The first-order chi connectivity index (χ1) is 13.8. The fourth-order valence-corrected chi connectivity index (χ4v) is 4.19. The number of rotatable bonds is 4. The number of nitrogens with one attached hydrogen (secondary N) is 2. The number of amides is 1. The second kappa shape index (κ2) is 7.63. The van der Waals surface area contributed by atoms with E-state index in [1.54, 1.807) is 11.5 Å². The molecule has 0 saturated carbocycles. The van der Waals surface area contributed by atoms with E-state index in [9.17, 15) is 19.8 Å². The van der Waals surface area contributed by atoms with Crippen LogP contribution in [0.15, 0.2) is 17.4 Å². The lowest BCUT2D eigenvalue weighted by Gasteiger charge is -2.38. The van der Waals surface area contributed by atoms with Crippen molar-refractivity contribution in [1.82, 2.24) is 29.8 Å². The number of thiazole rings is 1. The number of aryl methyl sites for hydroxylation is 2. The van der Waals surface area contributed by atoms with Gasteiger partial charge < -0.3 is 29.8 Å². The number of nitrogens with zero attached hydrogens (tertiary/aromatic N) is 4. The molecule has 0 aliphatic carbocycles. The van der Waals surface area contributed by atoms with E-state index in [-0.39, 0.29) is 30.1 Å². The summed E-state index contributed by atoms with van der Waals surface area (Å²) in [7, 11) is 0. The van der Waals surface area contributed by atoms with E-state index in [2.05, 4.69) is 25.3 Å². The molecule has 4 N–H and O–H groups in total. The predicted octanol–water partition coefficient (Wildman–Crippen LogP) is -0.888. The third kappa shape index (κ3) is 3.67. The van der Waals surface area contributed by atoms with Crippen molar-refractivity contribution in [2.45, 2.75) is 44.7 Å². The second-order valence-corrected chi connectivity index (χ2v) is 8.08. The lowest BCUT2D eigenvalue weighted by Crippen LogP contribution is -2.59. The third-order valence-electron chi connectivity index (χ3n) is 4.84. The molecule has 1 aliphatic rings. The zero-order chi connectivity index (χ0) is 20.7. The van der Waals surface area contributed by atoms with Crippen LogP contribution in [0.2, 0.25) is 0 Å². The molecule has 1 aliphatic heterocycles. The highest BCUT2D eigenvalue weighted by Gasteiger charge is 2.39. The first-order valence-electron chi connectivity index (χ1n) is 8.96. The Morgan fingerprint density at radius 3 is 2.90 bits per heavy atom. The minimum Gasteiger partial charge on any atom is -0.388 e. The SMILES string of the molecule is Cc1nc(C)c(C(=O)N[C@@H]2CO[C@H](Cn3cnc4c(=O)[nH]cnc43)[C@@H](O)[C@H]2O)s1. The molecule has 29 heavy (non-hydrogen) atoms. The van der Waals surface area contributed by atoms with E-state index in [0.717, 1.165) is 5.01 Å². The predicted molar refractivity (Wildman–Crippen MR) is 103 cm³/mol. The molecule has 0 radical (unpaired) electrons. The van der Waals surface area contributed by atoms with Gasteiger partial charge in [-0.15, -0.1) is 11.3 Å². The lowest BCUT2D eigenvalue weighted by atomic mass is 9.97. The molecular formula is C17H20N6O5S. The van der Waals surface area contributed by atoms with E-state index >= 15 is 0 Å². The molecule has 4 heterocycles. The summed E-state index contributed by atoms with van der Waals surface area (Å²) in [5.41, 5.74) is 0.781. The minimum atomic E-state index is -1.25. The van der Waals surface area contributed by atoms with Gasteiger partial charge in [0.25, 0.3) is 11.5 Å². The van der Waals surface area contributed by atoms with E-state index in [1.165, 1.54) is 24.0 Å². The molecule has 12 heteroatoms. The van der Waals surface area contributed by atoms with Crippen molar-refractivity contribution >= 4 is 28.4 Å². The summed E-state index contributed by atoms with van der Waals surface area (Å²) < 4.78 is 7.28. The van der Waals surface area contributed by atoms with Crippen LogP contribution in [0, 0.1) is 13.8 Å². The number of aliphatic hydroxyl groups excluding tert-OH is 2. The highest BCUT2D eigenvalue weighted by atomic mass is 32.1. The zero-order valence-electron chi connectivity index (χ0n) is 15.7. The van der Waals surface area contributed by atoms with Gasteiger partial charge in [-0.1, -0.05) is 0 Å². The maximum absolute atomic E-state index is 12.5. The number of aromatic nitrogens is 5. The van der Waals surface area contributed by atoms with Gasteiger partial charge >= 0.3 is 0 Å². The summed E-state index contributed by atoms with van der Waals surface area (Å²) in [6, 6.07) is -0.768. The van der Waals surface area contributed by atoms with Crippen molar-refractivity contribution in [1.29, 1.82) is 0 Å². The number of carbonyl (C=O) groups excluding carboxylic acids is 1. The Morgan fingerprint density at radius 1 is 1.38 bits per heavy atom. The molecular weight excluding hydrogens is 400 g/mol. The van der Waals surface area contributed by atoms with Crippen LogP contribution in [0.1, 0.15) is 20.4 Å². The van der Waals surface area contributed by atoms with Crippen molar-refractivity contribution in [2.24, 2.45) is 0 Å². The van der Waals surface area contributed by atoms with Gasteiger partial charge in [-0.25, -0.2) is 15.0 Å². The number of hydrogen-bond acceptors (Lipinski definition) is 9. The van der Waals surface area contributed by atoms with E-state index in [1.807, 2.05) is 6.92 Å². The molecule has 0 bridgehead atoms. The average Bonchev–Trinajstić information content (AvgIpc) is 3.25. The van der Waals surface area contributed by atoms with Gasteiger partial charge in [0.15, 0.2) is 11.2 Å².